The standard InChI is InChI=1S/C24H15ClF4N6OS2/c1-11(37)31-13-5-3-6-14(9-13)35-22(24(27,28)29)15(10-30-35)21-19(23-33-32-12(2)38-23)20(34-36-21)18-16(25)7-4-8-17(18)26/h3-10H,1-2H3,(H,31,37). The molecular formula is C24H15ClF4N6OS2. The first-order valence-electron chi connectivity index (χ1n) is 10.8. The maximum atomic E-state index is 14.9. The summed E-state index contributed by atoms with van der Waals surface area (Å²) in [6.07, 6.45) is -3.86. The monoisotopic (exact) mass is 578 g/mol. The minimum atomic E-state index is -4.87. The molecular weight excluding hydrogens is 564 g/mol. The third-order valence-corrected chi connectivity index (χ3v) is 6.60. The Balaban J connectivity index is 1.77. The van der Waals surface area contributed by atoms with Crippen LogP contribution >= 0.6 is 35.2 Å². The average Bonchev–Trinajstić information content (AvgIpc) is 3.56. The van der Waals surface area contributed by atoms with E-state index >= 15 is 0 Å². The van der Waals surface area contributed by atoms with Gasteiger partial charge in [-0.3, -0.25) is 0 Å². The van der Waals surface area contributed by atoms with Crippen molar-refractivity contribution in [3.63, 3.8) is 0 Å². The molecule has 0 fully saturated rings. The molecule has 3 heterocycles. The number of aromatic nitrogens is 5. The van der Waals surface area contributed by atoms with Crippen LogP contribution in [-0.4, -0.2) is 30.1 Å². The van der Waals surface area contributed by atoms with Crippen LogP contribution in [-0.2, 0) is 6.18 Å². The van der Waals surface area contributed by atoms with E-state index in [1.807, 2.05) is 0 Å². The Bertz CT molecular complexity index is 1660. The van der Waals surface area contributed by atoms with Gasteiger partial charge in [0.05, 0.1) is 38.6 Å². The smallest absolute Gasteiger partial charge is 0.355 e. The van der Waals surface area contributed by atoms with E-state index in [9.17, 15) is 17.6 Å². The molecule has 0 saturated carbocycles. The minimum Gasteiger partial charge on any atom is -0.355 e. The second-order valence-corrected chi connectivity index (χ2v) is 10.2. The van der Waals surface area contributed by atoms with Crippen molar-refractivity contribution in [2.24, 2.45) is 0 Å². The molecule has 0 atom stereocenters. The van der Waals surface area contributed by atoms with Gasteiger partial charge in [-0.2, -0.15) is 18.3 Å². The fourth-order valence-corrected chi connectivity index (χ4v) is 4.97. The van der Waals surface area contributed by atoms with Gasteiger partial charge in [0.15, 0.2) is 16.5 Å². The van der Waals surface area contributed by atoms with Gasteiger partial charge >= 0.3 is 6.18 Å². The lowest BCUT2D eigenvalue weighted by Crippen LogP contribution is -2.15. The summed E-state index contributed by atoms with van der Waals surface area (Å²) in [5, 5.41) is 19.6. The Hall–Kier alpha value is -3.68. The molecule has 0 unspecified atom stereocenters. The zero-order valence-electron chi connectivity index (χ0n) is 19.5. The molecule has 38 heavy (non-hydrogen) atoms. The number of hydrogen-bond donors (Lipinski definition) is 1. The highest BCUT2D eigenvalue weighted by molar-refractivity contribution is 7.80. The quantitative estimate of drug-likeness (QED) is 0.170. The first-order chi connectivity index (χ1) is 18.0. The summed E-state index contributed by atoms with van der Waals surface area (Å²) in [6, 6.07) is 10.2. The van der Waals surface area contributed by atoms with Gasteiger partial charge in [0.2, 0.25) is 0 Å². The number of halogens is 5. The lowest BCUT2D eigenvalue weighted by molar-refractivity contribution is -0.142. The summed E-state index contributed by atoms with van der Waals surface area (Å²) >= 11 is 12.4. The van der Waals surface area contributed by atoms with Gasteiger partial charge in [-0.15, -0.1) is 10.2 Å². The fraction of sp³-hybridized carbons (Fsp3) is 0.125. The van der Waals surface area contributed by atoms with Crippen molar-refractivity contribution < 1.29 is 22.1 Å². The third kappa shape index (κ3) is 4.79. The second kappa shape index (κ2) is 9.89. The van der Waals surface area contributed by atoms with E-state index in [0.29, 0.717) is 15.7 Å². The predicted octanol–water partition coefficient (Wildman–Crippen LogP) is 7.59. The number of thiocarbonyl (C=S) groups is 1. The van der Waals surface area contributed by atoms with Crippen molar-refractivity contribution in [3.05, 3.63) is 70.2 Å². The summed E-state index contributed by atoms with van der Waals surface area (Å²) in [4.78, 5) is 0.442. The van der Waals surface area contributed by atoms with Crippen molar-refractivity contribution in [2.75, 3.05) is 5.32 Å². The van der Waals surface area contributed by atoms with E-state index < -0.39 is 23.3 Å². The van der Waals surface area contributed by atoms with Gasteiger partial charge < -0.3 is 9.84 Å². The Kier molecular flexibility index (Phi) is 6.75. The SMILES string of the molecule is CC(=S)Nc1cccc(-n2ncc(-c3onc(-c4c(F)cccc4Cl)c3-c3nnc(C)s3)c2C(F)(F)F)c1. The molecule has 0 saturated heterocycles. The van der Waals surface area contributed by atoms with Crippen molar-refractivity contribution in [3.8, 4) is 38.8 Å². The van der Waals surface area contributed by atoms with Crippen molar-refractivity contribution in [1.29, 1.82) is 0 Å². The van der Waals surface area contributed by atoms with Crippen molar-refractivity contribution in [1.82, 2.24) is 25.1 Å². The van der Waals surface area contributed by atoms with E-state index in [1.54, 1.807) is 26.0 Å². The van der Waals surface area contributed by atoms with Crippen LogP contribution < -0.4 is 5.32 Å². The summed E-state index contributed by atoms with van der Waals surface area (Å²) in [5.74, 6) is -1.04. The molecule has 0 aliphatic carbocycles. The molecule has 0 spiro atoms. The van der Waals surface area contributed by atoms with Gasteiger partial charge in [0, 0.05) is 5.69 Å². The lowest BCUT2D eigenvalue weighted by atomic mass is 10.0. The first-order valence-corrected chi connectivity index (χ1v) is 12.4. The highest BCUT2D eigenvalue weighted by Gasteiger charge is 2.41. The largest absolute Gasteiger partial charge is 0.434 e. The maximum Gasteiger partial charge on any atom is 0.434 e. The number of rotatable bonds is 5. The molecule has 0 amide bonds. The fourth-order valence-electron chi connectivity index (χ4n) is 3.87. The Morgan fingerprint density at radius 2 is 1.89 bits per heavy atom. The second-order valence-electron chi connectivity index (χ2n) is 8.01. The van der Waals surface area contributed by atoms with Gasteiger partial charge in [0.25, 0.3) is 0 Å². The molecule has 194 valence electrons. The zero-order chi connectivity index (χ0) is 27.2. The number of benzene rings is 2. The van der Waals surface area contributed by atoms with Crippen LogP contribution in [0.4, 0.5) is 23.2 Å². The molecule has 1 N–H and O–H groups in total. The number of anilines is 1. The molecule has 7 nitrogen and oxygen atoms in total. The predicted molar refractivity (Wildman–Crippen MR) is 140 cm³/mol. The summed E-state index contributed by atoms with van der Waals surface area (Å²) in [7, 11) is 0. The average molecular weight is 579 g/mol. The van der Waals surface area contributed by atoms with E-state index in [4.69, 9.17) is 28.3 Å². The van der Waals surface area contributed by atoms with Crippen LogP contribution in [0, 0.1) is 12.7 Å². The van der Waals surface area contributed by atoms with Crippen molar-refractivity contribution >= 4 is 45.8 Å². The minimum absolute atomic E-state index is 0.00256. The van der Waals surface area contributed by atoms with Crippen LogP contribution in [0.5, 0.6) is 0 Å². The van der Waals surface area contributed by atoms with Gasteiger partial charge in [-0.05, 0) is 44.2 Å². The first kappa shape index (κ1) is 25.9. The molecule has 0 aliphatic heterocycles. The van der Waals surface area contributed by atoms with Gasteiger partial charge in [0.1, 0.15) is 16.5 Å². The molecule has 0 radical (unpaired) electrons. The summed E-state index contributed by atoms with van der Waals surface area (Å²) in [5.41, 5.74) is -1.17. The van der Waals surface area contributed by atoms with Crippen LogP contribution in [0.3, 0.4) is 0 Å². The Labute approximate surface area is 227 Å². The molecule has 5 aromatic rings. The molecule has 0 bridgehead atoms. The molecule has 2 aromatic carbocycles. The third-order valence-electron chi connectivity index (χ3n) is 5.32. The van der Waals surface area contributed by atoms with E-state index in [1.165, 1.54) is 24.3 Å². The summed E-state index contributed by atoms with van der Waals surface area (Å²) in [6.45, 7) is 3.32. The van der Waals surface area contributed by atoms with Gasteiger partial charge in [-0.1, -0.05) is 52.4 Å². The van der Waals surface area contributed by atoms with Crippen LogP contribution in [0.2, 0.25) is 5.02 Å². The molecule has 3 aromatic heterocycles. The van der Waals surface area contributed by atoms with E-state index in [2.05, 4.69) is 25.8 Å². The number of alkyl halides is 3. The van der Waals surface area contributed by atoms with Gasteiger partial charge in [-0.25, -0.2) is 9.07 Å². The zero-order valence-corrected chi connectivity index (χ0v) is 21.9. The number of aryl methyl sites for hydroxylation is 1. The number of nitrogens with one attached hydrogen (secondary N) is 1. The van der Waals surface area contributed by atoms with Crippen molar-refractivity contribution in [2.45, 2.75) is 20.0 Å². The summed E-state index contributed by atoms with van der Waals surface area (Å²) < 4.78 is 64.7. The maximum absolute atomic E-state index is 14.9. The van der Waals surface area contributed by atoms with Crippen LogP contribution in [0.25, 0.3) is 38.8 Å². The Morgan fingerprint density at radius 1 is 1.13 bits per heavy atom. The molecule has 5 rings (SSSR count). The molecule has 14 heteroatoms. The van der Waals surface area contributed by atoms with Crippen LogP contribution in [0.1, 0.15) is 17.6 Å². The molecule has 0 aliphatic rings. The number of hydrogen-bond acceptors (Lipinski definition) is 7. The van der Waals surface area contributed by atoms with E-state index in [-0.39, 0.29) is 38.3 Å². The van der Waals surface area contributed by atoms with E-state index in [0.717, 1.165) is 28.3 Å². The van der Waals surface area contributed by atoms with Crippen LogP contribution in [0.15, 0.2) is 53.2 Å². The topological polar surface area (TPSA) is 81.7 Å². The highest BCUT2D eigenvalue weighted by atomic mass is 35.5. The normalized spacial score (nSPS) is 11.7. The Morgan fingerprint density at radius 3 is 2.55 bits per heavy atom. The lowest BCUT2D eigenvalue weighted by Gasteiger charge is -2.13. The highest BCUT2D eigenvalue weighted by Crippen LogP contribution is 2.47. The number of nitrogens with zero attached hydrogens (tertiary/aromatic N) is 5.